The van der Waals surface area contributed by atoms with Crippen LogP contribution in [-0.4, -0.2) is 30.1 Å². The number of rotatable bonds is 5. The Morgan fingerprint density at radius 3 is 2.39 bits per heavy atom. The molecule has 1 aromatic heterocycles. The number of hydrogen-bond donors (Lipinski definition) is 1. The minimum atomic E-state index is -0.925. The third-order valence-corrected chi connectivity index (χ3v) is 3.15. The molecule has 0 aliphatic heterocycles. The van der Waals surface area contributed by atoms with Crippen molar-refractivity contribution in [3.05, 3.63) is 53.7 Å². The third kappa shape index (κ3) is 4.54. The number of esters is 1. The van der Waals surface area contributed by atoms with E-state index in [1.54, 1.807) is 18.2 Å². The highest BCUT2D eigenvalue weighted by Gasteiger charge is 2.19. The highest BCUT2D eigenvalue weighted by molar-refractivity contribution is 5.97. The van der Waals surface area contributed by atoms with Gasteiger partial charge in [0.1, 0.15) is 0 Å². The predicted octanol–water partition coefficient (Wildman–Crippen LogP) is 2.58. The molecule has 0 spiro atoms. The lowest BCUT2D eigenvalue weighted by Crippen LogP contribution is -2.30. The molecule has 0 saturated heterocycles. The monoisotopic (exact) mass is 314 g/mol. The first kappa shape index (κ1) is 16.5. The molecule has 2 aromatic rings. The van der Waals surface area contributed by atoms with Crippen molar-refractivity contribution < 1.29 is 19.1 Å². The summed E-state index contributed by atoms with van der Waals surface area (Å²) in [7, 11) is 1.48. The molecule has 23 heavy (non-hydrogen) atoms. The van der Waals surface area contributed by atoms with Crippen molar-refractivity contribution in [3.63, 3.8) is 0 Å². The highest BCUT2D eigenvalue weighted by atomic mass is 16.5. The fourth-order valence-corrected chi connectivity index (χ4v) is 1.78. The van der Waals surface area contributed by atoms with Gasteiger partial charge in [0.25, 0.3) is 5.91 Å². The van der Waals surface area contributed by atoms with Crippen molar-refractivity contribution in [1.29, 1.82) is 0 Å². The van der Waals surface area contributed by atoms with Crippen LogP contribution in [0.4, 0.5) is 5.69 Å². The van der Waals surface area contributed by atoms with Crippen molar-refractivity contribution in [2.75, 3.05) is 12.4 Å². The molecule has 0 unspecified atom stereocenters. The van der Waals surface area contributed by atoms with E-state index in [0.29, 0.717) is 11.6 Å². The molecular weight excluding hydrogens is 296 g/mol. The molecule has 1 amide bonds. The second-order valence-electron chi connectivity index (χ2n) is 4.99. The zero-order valence-electron chi connectivity index (χ0n) is 13.2. The number of carbonyl (C=O) groups excluding carboxylic acids is 2. The van der Waals surface area contributed by atoms with Crippen LogP contribution in [0.15, 0.2) is 42.6 Å². The van der Waals surface area contributed by atoms with Gasteiger partial charge >= 0.3 is 5.97 Å². The summed E-state index contributed by atoms with van der Waals surface area (Å²) in [5, 5.41) is 2.69. The summed E-state index contributed by atoms with van der Waals surface area (Å²) in [6, 6.07) is 10.4. The number of anilines is 1. The largest absolute Gasteiger partial charge is 0.481 e. The van der Waals surface area contributed by atoms with Crippen LogP contribution in [0, 0.1) is 6.92 Å². The highest BCUT2D eigenvalue weighted by Crippen LogP contribution is 2.11. The summed E-state index contributed by atoms with van der Waals surface area (Å²) < 4.78 is 10.1. The second kappa shape index (κ2) is 7.40. The van der Waals surface area contributed by atoms with E-state index in [1.165, 1.54) is 26.3 Å². The van der Waals surface area contributed by atoms with Crippen LogP contribution in [0.5, 0.6) is 5.88 Å². The number of nitrogens with zero attached hydrogens (tertiary/aromatic N) is 1. The van der Waals surface area contributed by atoms with Crippen molar-refractivity contribution in [2.45, 2.75) is 20.0 Å². The standard InChI is InChI=1S/C17H18N2O4/c1-11-4-7-14(8-5-11)19-16(20)12(2)23-17(21)13-6-9-15(22-3)18-10-13/h4-10,12H,1-3H3,(H,19,20)/t12-/m1/s1. The van der Waals surface area contributed by atoms with Crippen molar-refractivity contribution in [2.24, 2.45) is 0 Å². The molecular formula is C17H18N2O4. The number of aromatic nitrogens is 1. The molecule has 1 heterocycles. The van der Waals surface area contributed by atoms with Crippen molar-refractivity contribution in [1.82, 2.24) is 4.98 Å². The number of amides is 1. The first-order valence-electron chi connectivity index (χ1n) is 7.08. The summed E-state index contributed by atoms with van der Waals surface area (Å²) in [5.41, 5.74) is 1.99. The topological polar surface area (TPSA) is 77.5 Å². The van der Waals surface area contributed by atoms with Gasteiger partial charge in [-0.15, -0.1) is 0 Å². The maximum atomic E-state index is 12.0. The number of benzene rings is 1. The molecule has 120 valence electrons. The van der Waals surface area contributed by atoms with E-state index >= 15 is 0 Å². The van der Waals surface area contributed by atoms with Crippen LogP contribution in [-0.2, 0) is 9.53 Å². The summed E-state index contributed by atoms with van der Waals surface area (Å²) in [5.74, 6) is -0.623. The van der Waals surface area contributed by atoms with Gasteiger partial charge in [0, 0.05) is 18.0 Å². The van der Waals surface area contributed by atoms with E-state index in [9.17, 15) is 9.59 Å². The van der Waals surface area contributed by atoms with Gasteiger partial charge in [0.15, 0.2) is 6.10 Å². The van der Waals surface area contributed by atoms with Gasteiger partial charge in [-0.1, -0.05) is 17.7 Å². The molecule has 0 radical (unpaired) electrons. The summed E-state index contributed by atoms with van der Waals surface area (Å²) >= 11 is 0. The average Bonchev–Trinajstić information content (AvgIpc) is 2.56. The fraction of sp³-hybridized carbons (Fsp3) is 0.235. The van der Waals surface area contributed by atoms with Gasteiger partial charge in [0.2, 0.25) is 5.88 Å². The van der Waals surface area contributed by atoms with Crippen molar-refractivity contribution >= 4 is 17.6 Å². The summed E-state index contributed by atoms with van der Waals surface area (Å²) in [6.07, 6.45) is 0.414. The number of carbonyl (C=O) groups is 2. The van der Waals surface area contributed by atoms with Crippen LogP contribution in [0.2, 0.25) is 0 Å². The molecule has 6 heteroatoms. The Kier molecular flexibility index (Phi) is 5.30. The Hall–Kier alpha value is -2.89. The molecule has 0 fully saturated rings. The molecule has 1 N–H and O–H groups in total. The van der Waals surface area contributed by atoms with E-state index < -0.39 is 18.0 Å². The minimum Gasteiger partial charge on any atom is -0.481 e. The first-order chi connectivity index (χ1) is 11.0. The van der Waals surface area contributed by atoms with Crippen molar-refractivity contribution in [3.8, 4) is 5.88 Å². The number of methoxy groups -OCH3 is 1. The molecule has 1 atom stereocenters. The predicted molar refractivity (Wildman–Crippen MR) is 85.5 cm³/mol. The Bertz CT molecular complexity index is 681. The lowest BCUT2D eigenvalue weighted by molar-refractivity contribution is -0.123. The second-order valence-corrected chi connectivity index (χ2v) is 4.99. The molecule has 0 saturated carbocycles. The zero-order valence-corrected chi connectivity index (χ0v) is 13.2. The first-order valence-corrected chi connectivity index (χ1v) is 7.08. The molecule has 1 aromatic carbocycles. The lowest BCUT2D eigenvalue weighted by Gasteiger charge is -2.13. The van der Waals surface area contributed by atoms with Gasteiger partial charge in [-0.3, -0.25) is 4.79 Å². The van der Waals surface area contributed by atoms with E-state index in [-0.39, 0.29) is 5.56 Å². The number of pyridine rings is 1. The Balaban J connectivity index is 1.94. The van der Waals surface area contributed by atoms with Crippen LogP contribution < -0.4 is 10.1 Å². The molecule has 0 aliphatic carbocycles. The number of ether oxygens (including phenoxy) is 2. The maximum absolute atomic E-state index is 12.0. The average molecular weight is 314 g/mol. The van der Waals surface area contributed by atoms with Crippen LogP contribution in [0.3, 0.4) is 0 Å². The Morgan fingerprint density at radius 2 is 1.83 bits per heavy atom. The van der Waals surface area contributed by atoms with E-state index in [0.717, 1.165) is 5.56 Å². The van der Waals surface area contributed by atoms with E-state index in [1.807, 2.05) is 19.1 Å². The van der Waals surface area contributed by atoms with Crippen LogP contribution in [0.1, 0.15) is 22.8 Å². The van der Waals surface area contributed by atoms with E-state index in [4.69, 9.17) is 9.47 Å². The molecule has 0 aliphatic rings. The lowest BCUT2D eigenvalue weighted by atomic mass is 10.2. The fourth-order valence-electron chi connectivity index (χ4n) is 1.78. The molecule has 2 rings (SSSR count). The number of hydrogen-bond acceptors (Lipinski definition) is 5. The van der Waals surface area contributed by atoms with Gasteiger partial charge in [-0.25, -0.2) is 9.78 Å². The Morgan fingerprint density at radius 1 is 1.13 bits per heavy atom. The summed E-state index contributed by atoms with van der Waals surface area (Å²) in [6.45, 7) is 3.47. The normalized spacial score (nSPS) is 11.4. The maximum Gasteiger partial charge on any atom is 0.340 e. The van der Waals surface area contributed by atoms with Gasteiger partial charge < -0.3 is 14.8 Å². The van der Waals surface area contributed by atoms with Gasteiger partial charge in [0.05, 0.1) is 12.7 Å². The third-order valence-electron chi connectivity index (χ3n) is 3.15. The zero-order chi connectivity index (χ0) is 16.8. The smallest absolute Gasteiger partial charge is 0.340 e. The SMILES string of the molecule is COc1ccc(C(=O)O[C@H](C)C(=O)Nc2ccc(C)cc2)cn1. The van der Waals surface area contributed by atoms with Gasteiger partial charge in [-0.2, -0.15) is 0 Å². The molecule has 0 bridgehead atoms. The quantitative estimate of drug-likeness (QED) is 0.858. The van der Waals surface area contributed by atoms with Gasteiger partial charge in [-0.05, 0) is 32.0 Å². The minimum absolute atomic E-state index is 0.251. The number of nitrogens with one attached hydrogen (secondary N) is 1. The van der Waals surface area contributed by atoms with E-state index in [2.05, 4.69) is 10.3 Å². The number of aryl methyl sites for hydroxylation is 1. The van der Waals surface area contributed by atoms with Crippen LogP contribution in [0.25, 0.3) is 0 Å². The molecule has 6 nitrogen and oxygen atoms in total. The summed E-state index contributed by atoms with van der Waals surface area (Å²) in [4.78, 5) is 27.9. The Labute approximate surface area is 134 Å². The van der Waals surface area contributed by atoms with Crippen LogP contribution >= 0.6 is 0 Å².